The van der Waals surface area contributed by atoms with Crippen LogP contribution in [0.25, 0.3) is 10.4 Å². The molecule has 0 radical (unpaired) electrons. The normalized spacial score (nSPS) is 16.4. The lowest BCUT2D eigenvalue weighted by Gasteiger charge is -2.31. The number of esters is 1. The Morgan fingerprint density at radius 2 is 2.00 bits per heavy atom. The number of amides is 4. The molecule has 1 aromatic heterocycles. The van der Waals surface area contributed by atoms with E-state index in [1.165, 1.54) is 16.2 Å². The van der Waals surface area contributed by atoms with Crippen LogP contribution in [0.5, 0.6) is 0 Å². The van der Waals surface area contributed by atoms with Crippen molar-refractivity contribution in [3.8, 4) is 10.4 Å². The molecule has 1 aliphatic rings. The quantitative estimate of drug-likeness (QED) is 0.455. The van der Waals surface area contributed by atoms with Crippen LogP contribution in [0.4, 0.5) is 20.3 Å². The maximum absolute atomic E-state index is 12.7. The van der Waals surface area contributed by atoms with Gasteiger partial charge in [0.2, 0.25) is 0 Å². The van der Waals surface area contributed by atoms with Gasteiger partial charge >= 0.3 is 18.0 Å². The van der Waals surface area contributed by atoms with E-state index in [1.54, 1.807) is 24.3 Å². The molecule has 1 fully saturated rings. The molecule has 1 unspecified atom stereocenters. The maximum Gasteiger partial charge on any atom is 0.341 e. The molecular formula is C18H21N5O4S. The van der Waals surface area contributed by atoms with Gasteiger partial charge in [-0.1, -0.05) is 12.1 Å². The largest absolute Gasteiger partial charge is 0.457 e. The van der Waals surface area contributed by atoms with Gasteiger partial charge < -0.3 is 26.8 Å². The molecule has 1 aromatic carbocycles. The van der Waals surface area contributed by atoms with Crippen LogP contribution >= 0.6 is 11.3 Å². The lowest BCUT2D eigenvalue weighted by Crippen LogP contribution is -2.46. The zero-order valence-corrected chi connectivity index (χ0v) is 15.8. The first kappa shape index (κ1) is 19.5. The Kier molecular flexibility index (Phi) is 5.69. The lowest BCUT2D eigenvalue weighted by molar-refractivity contribution is 0.0129. The standard InChI is InChI=1S/C18H21N5O4S/c19-11-4-1-3-10(7-11)14-8-13(15(28-14)22-17(20)25)16(24)27-12-5-2-6-23(9-12)18(21)26/h1,3-4,7-8,12H,2,5-6,9,19H2,(H2,21,26)(H3,20,22,25). The Hall–Kier alpha value is -3.27. The number of piperidine rings is 1. The van der Waals surface area contributed by atoms with E-state index in [9.17, 15) is 14.4 Å². The number of urea groups is 2. The fourth-order valence-corrected chi connectivity index (χ4v) is 4.08. The summed E-state index contributed by atoms with van der Waals surface area (Å²) in [5.74, 6) is -0.605. The van der Waals surface area contributed by atoms with Crippen molar-refractivity contribution in [3.05, 3.63) is 35.9 Å². The highest BCUT2D eigenvalue weighted by Crippen LogP contribution is 2.36. The molecule has 148 valence electrons. The van der Waals surface area contributed by atoms with Gasteiger partial charge in [0.25, 0.3) is 0 Å². The van der Waals surface area contributed by atoms with E-state index in [0.29, 0.717) is 25.1 Å². The number of anilines is 2. The van der Waals surface area contributed by atoms with E-state index in [0.717, 1.165) is 10.4 Å². The first-order valence-electron chi connectivity index (χ1n) is 8.65. The molecule has 7 N–H and O–H groups in total. The zero-order chi connectivity index (χ0) is 20.3. The van der Waals surface area contributed by atoms with Gasteiger partial charge in [-0.15, -0.1) is 11.3 Å². The van der Waals surface area contributed by atoms with Crippen molar-refractivity contribution >= 4 is 40.1 Å². The molecule has 1 saturated heterocycles. The van der Waals surface area contributed by atoms with Crippen LogP contribution < -0.4 is 22.5 Å². The minimum atomic E-state index is -0.785. The molecule has 0 bridgehead atoms. The molecule has 4 amide bonds. The molecular weight excluding hydrogens is 382 g/mol. The Morgan fingerprint density at radius 1 is 1.21 bits per heavy atom. The number of thiophene rings is 1. The van der Waals surface area contributed by atoms with Crippen LogP contribution in [0.2, 0.25) is 0 Å². The van der Waals surface area contributed by atoms with E-state index in [4.69, 9.17) is 21.9 Å². The number of primary amides is 2. The number of nitrogens with two attached hydrogens (primary N) is 3. The molecule has 1 aliphatic heterocycles. The van der Waals surface area contributed by atoms with Gasteiger partial charge in [0.1, 0.15) is 11.1 Å². The van der Waals surface area contributed by atoms with Gasteiger partial charge in [0, 0.05) is 17.1 Å². The molecule has 10 heteroatoms. The number of hydrogen-bond acceptors (Lipinski definition) is 6. The summed E-state index contributed by atoms with van der Waals surface area (Å²) < 4.78 is 5.55. The number of carbonyl (C=O) groups excluding carboxylic acids is 3. The lowest BCUT2D eigenvalue weighted by atomic mass is 10.1. The summed E-state index contributed by atoms with van der Waals surface area (Å²) in [7, 11) is 0. The second-order valence-electron chi connectivity index (χ2n) is 6.42. The van der Waals surface area contributed by atoms with Crippen molar-refractivity contribution in [2.45, 2.75) is 18.9 Å². The van der Waals surface area contributed by atoms with Crippen LogP contribution in [-0.4, -0.2) is 42.1 Å². The highest BCUT2D eigenvalue weighted by molar-refractivity contribution is 7.20. The van der Waals surface area contributed by atoms with E-state index >= 15 is 0 Å². The van der Waals surface area contributed by atoms with Gasteiger partial charge in [0.15, 0.2) is 0 Å². The van der Waals surface area contributed by atoms with Gasteiger partial charge in [0.05, 0.1) is 12.1 Å². The number of nitrogens with one attached hydrogen (secondary N) is 1. The number of benzene rings is 1. The average Bonchev–Trinajstić information content (AvgIpc) is 3.05. The molecule has 2 heterocycles. The first-order chi connectivity index (χ1) is 13.3. The topological polar surface area (TPSA) is 154 Å². The van der Waals surface area contributed by atoms with Gasteiger partial charge in [-0.2, -0.15) is 0 Å². The smallest absolute Gasteiger partial charge is 0.341 e. The van der Waals surface area contributed by atoms with Crippen LogP contribution in [0.15, 0.2) is 30.3 Å². The number of nitrogens with zero attached hydrogens (tertiary/aromatic N) is 1. The minimum absolute atomic E-state index is 0.192. The first-order valence-corrected chi connectivity index (χ1v) is 9.46. The predicted molar refractivity (Wildman–Crippen MR) is 107 cm³/mol. The molecule has 28 heavy (non-hydrogen) atoms. The average molecular weight is 403 g/mol. The Labute approximate surface area is 165 Å². The van der Waals surface area contributed by atoms with Crippen molar-refractivity contribution in [2.24, 2.45) is 11.5 Å². The zero-order valence-electron chi connectivity index (χ0n) is 15.0. The molecule has 0 aliphatic carbocycles. The Bertz CT molecular complexity index is 913. The van der Waals surface area contributed by atoms with E-state index in [2.05, 4.69) is 5.32 Å². The summed E-state index contributed by atoms with van der Waals surface area (Å²) in [5.41, 5.74) is 17.9. The van der Waals surface area contributed by atoms with Crippen molar-refractivity contribution in [1.82, 2.24) is 4.90 Å². The number of ether oxygens (including phenoxy) is 1. The summed E-state index contributed by atoms with van der Waals surface area (Å²) in [6.45, 7) is 0.780. The van der Waals surface area contributed by atoms with Crippen molar-refractivity contribution in [3.63, 3.8) is 0 Å². The maximum atomic E-state index is 12.7. The minimum Gasteiger partial charge on any atom is -0.457 e. The van der Waals surface area contributed by atoms with Crippen molar-refractivity contribution < 1.29 is 19.1 Å². The Morgan fingerprint density at radius 3 is 2.68 bits per heavy atom. The summed E-state index contributed by atoms with van der Waals surface area (Å²) >= 11 is 1.19. The second-order valence-corrected chi connectivity index (χ2v) is 7.47. The Balaban J connectivity index is 1.83. The third kappa shape index (κ3) is 4.52. The molecule has 1 atom stereocenters. The van der Waals surface area contributed by atoms with E-state index in [-0.39, 0.29) is 17.1 Å². The fourth-order valence-electron chi connectivity index (χ4n) is 3.03. The van der Waals surface area contributed by atoms with Crippen molar-refractivity contribution in [1.29, 1.82) is 0 Å². The number of nitrogen functional groups attached to an aromatic ring is 1. The summed E-state index contributed by atoms with van der Waals surface area (Å²) in [6.07, 6.45) is 0.845. The molecule has 0 saturated carbocycles. The van der Waals surface area contributed by atoms with Crippen LogP contribution in [0.1, 0.15) is 23.2 Å². The van der Waals surface area contributed by atoms with Crippen LogP contribution in [0.3, 0.4) is 0 Å². The van der Waals surface area contributed by atoms with Crippen LogP contribution in [0, 0.1) is 0 Å². The molecule has 0 spiro atoms. The van der Waals surface area contributed by atoms with E-state index < -0.39 is 24.1 Å². The van der Waals surface area contributed by atoms with Gasteiger partial charge in [-0.05, 0) is 36.6 Å². The summed E-state index contributed by atoms with van der Waals surface area (Å²) in [6, 6.07) is 7.45. The van der Waals surface area contributed by atoms with E-state index in [1.807, 2.05) is 6.07 Å². The number of rotatable bonds is 4. The highest BCUT2D eigenvalue weighted by Gasteiger charge is 2.27. The van der Waals surface area contributed by atoms with Gasteiger partial charge in [-0.25, -0.2) is 14.4 Å². The summed E-state index contributed by atoms with van der Waals surface area (Å²) in [4.78, 5) is 37.6. The summed E-state index contributed by atoms with van der Waals surface area (Å²) in [5, 5.41) is 2.75. The third-order valence-corrected chi connectivity index (χ3v) is 5.42. The second kappa shape index (κ2) is 8.17. The molecule has 9 nitrogen and oxygen atoms in total. The van der Waals surface area contributed by atoms with Gasteiger partial charge in [-0.3, -0.25) is 5.32 Å². The third-order valence-electron chi connectivity index (χ3n) is 4.32. The number of hydrogen-bond donors (Lipinski definition) is 4. The van der Waals surface area contributed by atoms with Crippen LogP contribution in [-0.2, 0) is 4.74 Å². The number of carbonyl (C=O) groups is 3. The predicted octanol–water partition coefficient (Wildman–Crippen LogP) is 2.19. The number of likely N-dealkylation sites (tertiary alicyclic amines) is 1. The molecule has 2 aromatic rings. The highest BCUT2D eigenvalue weighted by atomic mass is 32.1. The SMILES string of the molecule is NC(=O)Nc1sc(-c2cccc(N)c2)cc1C(=O)OC1CCCN(C(N)=O)C1. The van der Waals surface area contributed by atoms with Crippen molar-refractivity contribution in [2.75, 3.05) is 24.1 Å². The molecule has 3 rings (SSSR count). The fraction of sp³-hybridized carbons (Fsp3) is 0.278. The monoisotopic (exact) mass is 403 g/mol.